The average Bonchev–Trinajstić information content (AvgIpc) is 3.14. The van der Waals surface area contributed by atoms with Crippen molar-refractivity contribution in [3.05, 3.63) is 60.2 Å². The predicted octanol–water partition coefficient (Wildman–Crippen LogP) is 3.15. The van der Waals surface area contributed by atoms with Gasteiger partial charge in [0.05, 0.1) is 7.11 Å². The smallest absolute Gasteiger partial charge is 0.247 e. The summed E-state index contributed by atoms with van der Waals surface area (Å²) in [5, 5.41) is 7.40. The average molecular weight is 328 g/mol. The van der Waals surface area contributed by atoms with Gasteiger partial charge in [-0.1, -0.05) is 0 Å². The molecule has 0 saturated heterocycles. The van der Waals surface area contributed by atoms with E-state index in [-0.39, 0.29) is 23.7 Å². The zero-order chi connectivity index (χ0) is 16.9. The Bertz CT molecular complexity index is 832. The molecule has 0 aliphatic carbocycles. The van der Waals surface area contributed by atoms with E-state index >= 15 is 0 Å². The lowest BCUT2D eigenvalue weighted by Crippen LogP contribution is -2.12. The van der Waals surface area contributed by atoms with Crippen molar-refractivity contribution >= 4 is 5.78 Å². The largest absolute Gasteiger partial charge is 0.494 e. The minimum Gasteiger partial charge on any atom is -0.494 e. The molecule has 0 amide bonds. The standard InChI is InChI=1S/C17H13FN2O4/c1-22-16-7-4-12(8-14(16)18)15(21)9-23-13-5-2-11(3-6-13)17-20-19-10-24-17/h2-8,10H,9H2,1H3. The van der Waals surface area contributed by atoms with Gasteiger partial charge < -0.3 is 13.9 Å². The molecule has 1 aromatic heterocycles. The van der Waals surface area contributed by atoms with Gasteiger partial charge in [0.25, 0.3) is 0 Å². The molecule has 0 saturated carbocycles. The van der Waals surface area contributed by atoms with Crippen LogP contribution in [0, 0.1) is 5.82 Å². The number of carbonyl (C=O) groups is 1. The van der Waals surface area contributed by atoms with E-state index in [4.69, 9.17) is 13.9 Å². The van der Waals surface area contributed by atoms with Crippen molar-refractivity contribution in [3.8, 4) is 23.0 Å². The maximum absolute atomic E-state index is 13.6. The molecule has 0 aliphatic heterocycles. The Hall–Kier alpha value is -3.22. The highest BCUT2D eigenvalue weighted by atomic mass is 19.1. The Balaban J connectivity index is 1.63. The fraction of sp³-hybridized carbons (Fsp3) is 0.118. The van der Waals surface area contributed by atoms with Crippen molar-refractivity contribution in [2.24, 2.45) is 0 Å². The van der Waals surface area contributed by atoms with Crippen LogP contribution in [0.1, 0.15) is 10.4 Å². The molecule has 3 rings (SSSR count). The number of hydrogen-bond acceptors (Lipinski definition) is 6. The van der Waals surface area contributed by atoms with Crippen molar-refractivity contribution < 1.29 is 23.1 Å². The summed E-state index contributed by atoms with van der Waals surface area (Å²) < 4.78 is 28.9. The van der Waals surface area contributed by atoms with Crippen LogP contribution in [0.3, 0.4) is 0 Å². The molecule has 1 heterocycles. The minimum absolute atomic E-state index is 0.0871. The lowest BCUT2D eigenvalue weighted by Gasteiger charge is -2.07. The lowest BCUT2D eigenvalue weighted by atomic mass is 10.1. The number of halogens is 1. The van der Waals surface area contributed by atoms with E-state index in [1.807, 2.05) is 0 Å². The molecule has 122 valence electrons. The second-order valence-electron chi connectivity index (χ2n) is 4.83. The number of rotatable bonds is 6. The van der Waals surface area contributed by atoms with Gasteiger partial charge in [0, 0.05) is 11.1 Å². The van der Waals surface area contributed by atoms with Crippen LogP contribution in [0.15, 0.2) is 53.3 Å². The summed E-state index contributed by atoms with van der Waals surface area (Å²) in [4.78, 5) is 12.1. The van der Waals surface area contributed by atoms with Crippen molar-refractivity contribution in [3.63, 3.8) is 0 Å². The van der Waals surface area contributed by atoms with Crippen LogP contribution in [-0.4, -0.2) is 29.7 Å². The molecule has 0 aliphatic rings. The molecule has 0 unspecified atom stereocenters. The summed E-state index contributed by atoms with van der Waals surface area (Å²) in [5.41, 5.74) is 0.958. The normalized spacial score (nSPS) is 10.4. The van der Waals surface area contributed by atoms with Crippen molar-refractivity contribution in [1.29, 1.82) is 0 Å². The SMILES string of the molecule is COc1ccc(C(=O)COc2ccc(-c3nnco3)cc2)cc1F. The lowest BCUT2D eigenvalue weighted by molar-refractivity contribution is 0.0921. The number of benzene rings is 2. The number of ketones is 1. The highest BCUT2D eigenvalue weighted by Gasteiger charge is 2.11. The van der Waals surface area contributed by atoms with E-state index < -0.39 is 5.82 Å². The molecule has 7 heteroatoms. The minimum atomic E-state index is -0.590. The van der Waals surface area contributed by atoms with Crippen LogP contribution >= 0.6 is 0 Å². The molecule has 0 spiro atoms. The zero-order valence-corrected chi connectivity index (χ0v) is 12.7. The van der Waals surface area contributed by atoms with E-state index in [2.05, 4.69) is 10.2 Å². The third-order valence-electron chi connectivity index (χ3n) is 3.31. The molecule has 6 nitrogen and oxygen atoms in total. The Kier molecular flexibility index (Phi) is 4.51. The molecule has 0 radical (unpaired) electrons. The summed E-state index contributed by atoms with van der Waals surface area (Å²) in [7, 11) is 1.36. The van der Waals surface area contributed by atoms with Gasteiger partial charge in [0.1, 0.15) is 5.75 Å². The first-order chi connectivity index (χ1) is 11.7. The maximum atomic E-state index is 13.6. The quantitative estimate of drug-likeness (QED) is 0.647. The van der Waals surface area contributed by atoms with Crippen LogP contribution in [-0.2, 0) is 0 Å². The summed E-state index contributed by atoms with van der Waals surface area (Å²) in [6.07, 6.45) is 1.24. The zero-order valence-electron chi connectivity index (χ0n) is 12.7. The first kappa shape index (κ1) is 15.7. The number of carbonyl (C=O) groups excluding carboxylic acids is 1. The number of aromatic nitrogens is 2. The van der Waals surface area contributed by atoms with Gasteiger partial charge >= 0.3 is 0 Å². The predicted molar refractivity (Wildman–Crippen MR) is 82.5 cm³/mol. The Labute approximate surface area is 136 Å². The first-order valence-corrected chi connectivity index (χ1v) is 7.03. The monoisotopic (exact) mass is 328 g/mol. The van der Waals surface area contributed by atoms with Crippen molar-refractivity contribution in [2.45, 2.75) is 0 Å². The Morgan fingerprint density at radius 1 is 1.21 bits per heavy atom. The second kappa shape index (κ2) is 6.91. The number of nitrogens with zero attached hydrogens (tertiary/aromatic N) is 2. The molecule has 0 fully saturated rings. The molecule has 0 N–H and O–H groups in total. The van der Waals surface area contributed by atoms with Crippen molar-refractivity contribution in [1.82, 2.24) is 10.2 Å². The molecule has 0 atom stereocenters. The molecule has 24 heavy (non-hydrogen) atoms. The maximum Gasteiger partial charge on any atom is 0.247 e. The van der Waals surface area contributed by atoms with Gasteiger partial charge in [-0.25, -0.2) is 4.39 Å². The van der Waals surface area contributed by atoms with E-state index in [0.29, 0.717) is 11.6 Å². The van der Waals surface area contributed by atoms with Gasteiger partial charge in [-0.05, 0) is 42.5 Å². The summed E-state index contributed by atoms with van der Waals surface area (Å²) in [5.74, 6) is 0.0563. The molecular formula is C17H13FN2O4. The number of methoxy groups -OCH3 is 1. The Morgan fingerprint density at radius 2 is 2.00 bits per heavy atom. The second-order valence-corrected chi connectivity index (χ2v) is 4.83. The van der Waals surface area contributed by atoms with E-state index in [1.165, 1.54) is 25.6 Å². The van der Waals surface area contributed by atoms with Crippen LogP contribution in [0.5, 0.6) is 11.5 Å². The van der Waals surface area contributed by atoms with E-state index in [0.717, 1.165) is 11.6 Å². The molecule has 0 bridgehead atoms. The third-order valence-corrected chi connectivity index (χ3v) is 3.31. The van der Waals surface area contributed by atoms with Crippen LogP contribution in [0.4, 0.5) is 4.39 Å². The summed E-state index contributed by atoms with van der Waals surface area (Å²) in [6.45, 7) is -0.203. The van der Waals surface area contributed by atoms with Gasteiger partial charge in [0.2, 0.25) is 12.3 Å². The fourth-order valence-electron chi connectivity index (χ4n) is 2.06. The molecule has 2 aromatic carbocycles. The van der Waals surface area contributed by atoms with E-state index in [9.17, 15) is 9.18 Å². The summed E-state index contributed by atoms with van der Waals surface area (Å²) in [6, 6.07) is 10.9. The number of Topliss-reactive ketones (excluding diaryl/α,β-unsaturated/α-hetero) is 1. The topological polar surface area (TPSA) is 74.5 Å². The van der Waals surface area contributed by atoms with Crippen LogP contribution in [0.2, 0.25) is 0 Å². The summed E-state index contributed by atoms with van der Waals surface area (Å²) >= 11 is 0. The van der Waals surface area contributed by atoms with E-state index in [1.54, 1.807) is 24.3 Å². The fourth-order valence-corrected chi connectivity index (χ4v) is 2.06. The molecular weight excluding hydrogens is 315 g/mol. The van der Waals surface area contributed by atoms with Crippen molar-refractivity contribution in [2.75, 3.05) is 13.7 Å². The van der Waals surface area contributed by atoms with Gasteiger partial charge in [-0.15, -0.1) is 10.2 Å². The first-order valence-electron chi connectivity index (χ1n) is 7.03. The third kappa shape index (κ3) is 3.40. The highest BCUT2D eigenvalue weighted by Crippen LogP contribution is 2.21. The number of hydrogen-bond donors (Lipinski definition) is 0. The Morgan fingerprint density at radius 3 is 2.62 bits per heavy atom. The van der Waals surface area contributed by atoms with Crippen LogP contribution in [0.25, 0.3) is 11.5 Å². The highest BCUT2D eigenvalue weighted by molar-refractivity contribution is 5.97. The number of ether oxygens (including phenoxy) is 2. The molecule has 3 aromatic rings. The van der Waals surface area contributed by atoms with Gasteiger partial charge in [-0.3, -0.25) is 4.79 Å². The van der Waals surface area contributed by atoms with Gasteiger partial charge in [0.15, 0.2) is 24.0 Å². The van der Waals surface area contributed by atoms with Crippen LogP contribution < -0.4 is 9.47 Å². The van der Waals surface area contributed by atoms with Gasteiger partial charge in [-0.2, -0.15) is 0 Å².